The highest BCUT2D eigenvalue weighted by atomic mass is 32.1. The van der Waals surface area contributed by atoms with E-state index in [9.17, 15) is 0 Å². The third-order valence-electron chi connectivity index (χ3n) is 11.7. The number of allylic oxidation sites excluding steroid dienone is 2. The lowest BCUT2D eigenvalue weighted by Crippen LogP contribution is -1.94. The number of aromatic nitrogens is 4. The Labute approximate surface area is 369 Å². The number of thiophene rings is 1. The molecule has 298 valence electrons. The van der Waals surface area contributed by atoms with E-state index in [4.69, 9.17) is 19.9 Å². The van der Waals surface area contributed by atoms with E-state index in [0.717, 1.165) is 84.0 Å². The summed E-state index contributed by atoms with van der Waals surface area (Å²) in [5.74, 6) is 0. The Hall–Kier alpha value is -8.06. The maximum Gasteiger partial charge on any atom is 0.0708 e. The van der Waals surface area contributed by atoms with Crippen molar-refractivity contribution in [2.75, 3.05) is 0 Å². The lowest BCUT2D eigenvalue weighted by atomic mass is 9.94. The SMILES string of the molecule is C=C/C=C(\N=CC)c1cc2sc3ccc(-n4c5ccc(-c6ccccc6-c6ccccn6)cc5c5cc(-c6ccccc6-c6ccccn6)ccc54)cc3c2cc1-c1ccccn1. The maximum absolute atomic E-state index is 4.80. The molecule has 5 heterocycles. The summed E-state index contributed by atoms with van der Waals surface area (Å²) in [5, 5.41) is 4.72. The molecule has 0 amide bonds. The number of hydrogen-bond donors (Lipinski definition) is 0. The summed E-state index contributed by atoms with van der Waals surface area (Å²) in [4.78, 5) is 19.0. The fourth-order valence-corrected chi connectivity index (χ4v) is 10.1. The van der Waals surface area contributed by atoms with Gasteiger partial charge in [0.1, 0.15) is 0 Å². The molecule has 11 aromatic rings. The molecule has 0 N–H and O–H groups in total. The molecule has 0 fully saturated rings. The van der Waals surface area contributed by atoms with Gasteiger partial charge in [-0.25, -0.2) is 0 Å². The summed E-state index contributed by atoms with van der Waals surface area (Å²) >= 11 is 1.80. The van der Waals surface area contributed by atoms with Gasteiger partial charge in [0.05, 0.1) is 33.8 Å². The van der Waals surface area contributed by atoms with Gasteiger partial charge in [-0.1, -0.05) is 91.5 Å². The maximum atomic E-state index is 4.80. The Morgan fingerprint density at radius 3 is 1.56 bits per heavy atom. The molecule has 0 saturated carbocycles. The minimum absolute atomic E-state index is 0.850. The monoisotopic (exact) mass is 825 g/mol. The Morgan fingerprint density at radius 1 is 0.508 bits per heavy atom. The molecule has 0 spiro atoms. The van der Waals surface area contributed by atoms with Gasteiger partial charge in [-0.3, -0.25) is 19.9 Å². The molecule has 0 bridgehead atoms. The van der Waals surface area contributed by atoms with E-state index in [0.29, 0.717) is 0 Å². The van der Waals surface area contributed by atoms with Crippen LogP contribution in [0.15, 0.2) is 212 Å². The van der Waals surface area contributed by atoms with E-state index in [1.54, 1.807) is 17.4 Å². The quantitative estimate of drug-likeness (QED) is 0.108. The molecule has 63 heavy (non-hydrogen) atoms. The van der Waals surface area contributed by atoms with Crippen LogP contribution in [0, 0.1) is 0 Å². The number of fused-ring (bicyclic) bond motifs is 6. The van der Waals surface area contributed by atoms with Crippen LogP contribution in [0.5, 0.6) is 0 Å². The predicted molar refractivity (Wildman–Crippen MR) is 267 cm³/mol. The molecular weight excluding hydrogens is 787 g/mol. The van der Waals surface area contributed by atoms with Crippen molar-refractivity contribution in [1.82, 2.24) is 19.5 Å². The molecular formula is C57H39N5S. The average molecular weight is 826 g/mol. The molecule has 6 aromatic carbocycles. The van der Waals surface area contributed by atoms with Crippen molar-refractivity contribution in [3.8, 4) is 61.7 Å². The van der Waals surface area contributed by atoms with Crippen LogP contribution < -0.4 is 0 Å². The van der Waals surface area contributed by atoms with Gasteiger partial charge >= 0.3 is 0 Å². The zero-order valence-electron chi connectivity index (χ0n) is 34.5. The molecule has 5 nitrogen and oxygen atoms in total. The molecule has 11 rings (SSSR count). The van der Waals surface area contributed by atoms with Crippen LogP contribution in [0.1, 0.15) is 12.5 Å². The standard InChI is InChI=1S/C57H39N5S/c1-3-15-50(58-4-2)45-36-57-49(35-44(45)53-22-11-14-31-61-53)48-34-39(25-28-56(48)63-57)62-54-26-23-37(40-16-5-7-18-42(40)51-20-9-12-29-59-51)32-46(54)47-33-38(24-27-55(47)62)41-17-6-8-19-43(41)52-21-10-13-30-60-52/h3-36H,1H2,2H3/b50-15-,58-4?. The third kappa shape index (κ3) is 6.74. The molecule has 0 radical (unpaired) electrons. The van der Waals surface area contributed by atoms with Gasteiger partial charge in [-0.05, 0) is 126 Å². The second-order valence-electron chi connectivity index (χ2n) is 15.4. The summed E-state index contributed by atoms with van der Waals surface area (Å²) in [5.41, 5.74) is 15.8. The largest absolute Gasteiger partial charge is 0.309 e. The smallest absolute Gasteiger partial charge is 0.0708 e. The van der Waals surface area contributed by atoms with Gasteiger partial charge in [0.15, 0.2) is 0 Å². The predicted octanol–water partition coefficient (Wildman–Crippen LogP) is 15.3. The topological polar surface area (TPSA) is 56.0 Å². The first kappa shape index (κ1) is 37.9. The molecule has 0 aliphatic carbocycles. The fraction of sp³-hybridized carbons (Fsp3) is 0.0175. The van der Waals surface area contributed by atoms with Crippen LogP contribution in [0.4, 0.5) is 0 Å². The summed E-state index contributed by atoms with van der Waals surface area (Å²) in [6.45, 7) is 5.93. The summed E-state index contributed by atoms with van der Waals surface area (Å²) < 4.78 is 4.83. The fourth-order valence-electron chi connectivity index (χ4n) is 8.95. The molecule has 5 aromatic heterocycles. The van der Waals surface area contributed by atoms with E-state index in [-0.39, 0.29) is 0 Å². The summed E-state index contributed by atoms with van der Waals surface area (Å²) in [7, 11) is 0. The minimum atomic E-state index is 0.850. The number of benzene rings is 6. The second kappa shape index (κ2) is 16.1. The van der Waals surface area contributed by atoms with Crippen molar-refractivity contribution in [1.29, 1.82) is 0 Å². The van der Waals surface area contributed by atoms with Crippen LogP contribution in [0.3, 0.4) is 0 Å². The first-order valence-electron chi connectivity index (χ1n) is 21.0. The number of rotatable bonds is 9. The second-order valence-corrected chi connectivity index (χ2v) is 16.5. The zero-order valence-corrected chi connectivity index (χ0v) is 35.3. The van der Waals surface area contributed by atoms with Gasteiger partial charge in [0, 0.05) is 83.7 Å². The summed E-state index contributed by atoms with van der Waals surface area (Å²) in [6, 6.07) is 60.6. The Kier molecular flexibility index (Phi) is 9.68. The normalized spacial score (nSPS) is 12.0. The molecule has 0 aliphatic heterocycles. The van der Waals surface area contributed by atoms with Crippen molar-refractivity contribution in [3.05, 3.63) is 213 Å². The highest BCUT2D eigenvalue weighted by molar-refractivity contribution is 7.25. The van der Waals surface area contributed by atoms with Gasteiger partial charge in [-0.2, -0.15) is 0 Å². The average Bonchev–Trinajstić information content (AvgIpc) is 3.88. The van der Waals surface area contributed by atoms with E-state index in [2.05, 4.69) is 145 Å². The van der Waals surface area contributed by atoms with Crippen molar-refractivity contribution in [3.63, 3.8) is 0 Å². The van der Waals surface area contributed by atoms with Gasteiger partial charge in [0.25, 0.3) is 0 Å². The van der Waals surface area contributed by atoms with Crippen LogP contribution in [0.2, 0.25) is 0 Å². The highest BCUT2D eigenvalue weighted by Gasteiger charge is 2.20. The Morgan fingerprint density at radius 2 is 1.03 bits per heavy atom. The lowest BCUT2D eigenvalue weighted by Gasteiger charge is -2.12. The van der Waals surface area contributed by atoms with Crippen molar-refractivity contribution < 1.29 is 0 Å². The number of aliphatic imine (C=N–C) groups is 1. The van der Waals surface area contributed by atoms with Gasteiger partial charge in [-0.15, -0.1) is 11.3 Å². The van der Waals surface area contributed by atoms with Crippen LogP contribution >= 0.6 is 11.3 Å². The number of hydrogen-bond acceptors (Lipinski definition) is 5. The lowest BCUT2D eigenvalue weighted by molar-refractivity contribution is 1.19. The molecule has 0 aliphatic rings. The molecule has 0 saturated heterocycles. The Bertz CT molecular complexity index is 3440. The molecule has 0 atom stereocenters. The highest BCUT2D eigenvalue weighted by Crippen LogP contribution is 2.44. The third-order valence-corrected chi connectivity index (χ3v) is 12.9. The number of nitrogens with zero attached hydrogens (tertiary/aromatic N) is 5. The Balaban J connectivity index is 1.15. The van der Waals surface area contributed by atoms with E-state index in [1.807, 2.05) is 74.2 Å². The first-order chi connectivity index (χ1) is 31.2. The van der Waals surface area contributed by atoms with Crippen LogP contribution in [0.25, 0.3) is 109 Å². The molecule has 6 heteroatoms. The van der Waals surface area contributed by atoms with E-state index in [1.165, 1.54) is 30.9 Å². The minimum Gasteiger partial charge on any atom is -0.309 e. The summed E-state index contributed by atoms with van der Waals surface area (Å²) in [6.07, 6.45) is 11.2. The van der Waals surface area contributed by atoms with Crippen LogP contribution in [-0.4, -0.2) is 25.7 Å². The zero-order chi connectivity index (χ0) is 42.3. The molecule has 0 unspecified atom stereocenters. The van der Waals surface area contributed by atoms with Crippen molar-refractivity contribution >= 4 is 65.2 Å². The van der Waals surface area contributed by atoms with Crippen LogP contribution in [-0.2, 0) is 0 Å². The van der Waals surface area contributed by atoms with E-state index < -0.39 is 0 Å². The van der Waals surface area contributed by atoms with Gasteiger partial charge in [0.2, 0.25) is 0 Å². The first-order valence-corrected chi connectivity index (χ1v) is 21.8. The van der Waals surface area contributed by atoms with Crippen molar-refractivity contribution in [2.45, 2.75) is 6.92 Å². The number of pyridine rings is 3. The van der Waals surface area contributed by atoms with Crippen molar-refractivity contribution in [2.24, 2.45) is 4.99 Å². The van der Waals surface area contributed by atoms with E-state index >= 15 is 0 Å². The van der Waals surface area contributed by atoms with Gasteiger partial charge < -0.3 is 4.57 Å².